The van der Waals surface area contributed by atoms with Gasteiger partial charge >= 0.3 is 0 Å². The summed E-state index contributed by atoms with van der Waals surface area (Å²) in [5.74, 6) is 2.48. The molecule has 4 aromatic rings. The third-order valence-corrected chi connectivity index (χ3v) is 6.46. The van der Waals surface area contributed by atoms with Crippen LogP contribution in [-0.2, 0) is 13.2 Å². The molecule has 0 saturated carbocycles. The zero-order chi connectivity index (χ0) is 24.3. The molecule has 0 radical (unpaired) electrons. The van der Waals surface area contributed by atoms with Crippen LogP contribution < -0.4 is 14.8 Å². The molecule has 0 spiro atoms. The number of thioether (sulfide) groups is 1. The fraction of sp³-hybridized carbons (Fsp3) is 0.296. The molecule has 0 aliphatic rings. The highest BCUT2D eigenvalue weighted by Gasteiger charge is 2.09. The van der Waals surface area contributed by atoms with Crippen molar-refractivity contribution < 1.29 is 9.47 Å². The summed E-state index contributed by atoms with van der Waals surface area (Å²) in [6, 6.07) is 24.4. The Hall–Kier alpha value is -3.36. The molecule has 4 rings (SSSR count). The van der Waals surface area contributed by atoms with Crippen LogP contribution in [0, 0.1) is 6.92 Å². The number of rotatable bonds is 13. The molecule has 0 aliphatic heterocycles. The first-order valence-electron chi connectivity index (χ1n) is 11.8. The van der Waals surface area contributed by atoms with Crippen molar-refractivity contribution >= 4 is 11.8 Å². The van der Waals surface area contributed by atoms with E-state index in [1.165, 1.54) is 11.1 Å². The second-order valence-corrected chi connectivity index (χ2v) is 9.08. The van der Waals surface area contributed by atoms with Crippen LogP contribution in [0.4, 0.5) is 0 Å². The van der Waals surface area contributed by atoms with Gasteiger partial charge in [0.15, 0.2) is 11.5 Å². The Kier molecular flexibility index (Phi) is 9.14. The predicted molar refractivity (Wildman–Crippen MR) is 139 cm³/mol. The van der Waals surface area contributed by atoms with Gasteiger partial charge in [-0.3, -0.25) is 0 Å². The summed E-state index contributed by atoms with van der Waals surface area (Å²) >= 11 is 1.66. The van der Waals surface area contributed by atoms with Crippen molar-refractivity contribution in [1.82, 2.24) is 25.5 Å². The lowest BCUT2D eigenvalue weighted by molar-refractivity contribution is 0.268. The number of nitrogens with zero attached hydrogens (tertiary/aromatic N) is 4. The molecule has 0 bridgehead atoms. The normalized spacial score (nSPS) is 10.9. The topological polar surface area (TPSA) is 74.1 Å². The van der Waals surface area contributed by atoms with Crippen molar-refractivity contribution in [3.8, 4) is 17.2 Å². The Bertz CT molecular complexity index is 1200. The lowest BCUT2D eigenvalue weighted by Gasteiger charge is -2.14. The highest BCUT2D eigenvalue weighted by atomic mass is 32.2. The molecule has 182 valence electrons. The van der Waals surface area contributed by atoms with Crippen LogP contribution in [0.15, 0.2) is 78.0 Å². The maximum absolute atomic E-state index is 6.08. The zero-order valence-corrected chi connectivity index (χ0v) is 21.0. The summed E-state index contributed by atoms with van der Waals surface area (Å²) in [6.07, 6.45) is 1.00. The molecule has 0 aliphatic carbocycles. The molecule has 0 fully saturated rings. The van der Waals surface area contributed by atoms with E-state index < -0.39 is 0 Å². The van der Waals surface area contributed by atoms with Gasteiger partial charge in [0.05, 0.1) is 12.3 Å². The summed E-state index contributed by atoms with van der Waals surface area (Å²) in [5.41, 5.74) is 4.53. The van der Waals surface area contributed by atoms with Gasteiger partial charge in [-0.05, 0) is 78.2 Å². The maximum Gasteiger partial charge on any atom is 0.214 e. The van der Waals surface area contributed by atoms with Crippen LogP contribution in [0.25, 0.3) is 5.69 Å². The van der Waals surface area contributed by atoms with Gasteiger partial charge in [0.1, 0.15) is 6.61 Å². The van der Waals surface area contributed by atoms with Gasteiger partial charge in [-0.25, -0.2) is 0 Å². The molecule has 7 nitrogen and oxygen atoms in total. The SMILES string of the molecule is CCOc1cc(CNCCCSc2nnnn2-c2ccccc2)ccc1OCc1ccccc1C. The fourth-order valence-electron chi connectivity index (χ4n) is 3.57. The number of benzene rings is 3. The van der Waals surface area contributed by atoms with Crippen molar-refractivity contribution in [2.45, 2.75) is 38.6 Å². The maximum atomic E-state index is 6.08. The molecule has 1 heterocycles. The van der Waals surface area contributed by atoms with Gasteiger partial charge in [0, 0.05) is 12.3 Å². The van der Waals surface area contributed by atoms with Crippen molar-refractivity contribution in [1.29, 1.82) is 0 Å². The van der Waals surface area contributed by atoms with Crippen molar-refractivity contribution in [2.24, 2.45) is 0 Å². The summed E-state index contributed by atoms with van der Waals surface area (Å²) in [5, 5.41) is 16.4. The Labute approximate surface area is 210 Å². The quantitative estimate of drug-likeness (QED) is 0.204. The van der Waals surface area contributed by atoms with Crippen LogP contribution in [0.5, 0.6) is 11.5 Å². The number of ether oxygens (including phenoxy) is 2. The minimum Gasteiger partial charge on any atom is -0.490 e. The average Bonchev–Trinajstić information content (AvgIpc) is 3.36. The lowest BCUT2D eigenvalue weighted by Crippen LogP contribution is -2.15. The molecular formula is C27H31N5O2S. The minimum atomic E-state index is 0.523. The van der Waals surface area contributed by atoms with Gasteiger partial charge < -0.3 is 14.8 Å². The van der Waals surface area contributed by atoms with E-state index in [4.69, 9.17) is 9.47 Å². The molecule has 1 aromatic heterocycles. The molecule has 35 heavy (non-hydrogen) atoms. The summed E-state index contributed by atoms with van der Waals surface area (Å²) < 4.78 is 13.7. The molecule has 3 aromatic carbocycles. The summed E-state index contributed by atoms with van der Waals surface area (Å²) in [6.45, 7) is 6.87. The van der Waals surface area contributed by atoms with Crippen LogP contribution in [0.1, 0.15) is 30.0 Å². The van der Waals surface area contributed by atoms with Gasteiger partial charge in [0.25, 0.3) is 0 Å². The Morgan fingerprint density at radius 2 is 1.77 bits per heavy atom. The van der Waals surface area contributed by atoms with Gasteiger partial charge in [-0.2, -0.15) is 4.68 Å². The van der Waals surface area contributed by atoms with Crippen LogP contribution >= 0.6 is 11.8 Å². The van der Waals surface area contributed by atoms with E-state index in [1.54, 1.807) is 16.4 Å². The molecule has 0 atom stereocenters. The zero-order valence-electron chi connectivity index (χ0n) is 20.2. The molecule has 8 heteroatoms. The second kappa shape index (κ2) is 12.9. The van der Waals surface area contributed by atoms with Crippen molar-refractivity contribution in [3.05, 3.63) is 89.5 Å². The average molecular weight is 490 g/mol. The van der Waals surface area contributed by atoms with Gasteiger partial charge in [-0.15, -0.1) is 5.10 Å². The minimum absolute atomic E-state index is 0.523. The first-order valence-corrected chi connectivity index (χ1v) is 12.8. The van der Waals surface area contributed by atoms with E-state index >= 15 is 0 Å². The Morgan fingerprint density at radius 3 is 2.60 bits per heavy atom. The lowest BCUT2D eigenvalue weighted by atomic mass is 10.1. The van der Waals surface area contributed by atoms with E-state index in [-0.39, 0.29) is 0 Å². The van der Waals surface area contributed by atoms with Gasteiger partial charge in [0.2, 0.25) is 5.16 Å². The van der Waals surface area contributed by atoms with Gasteiger partial charge in [-0.1, -0.05) is 60.3 Å². The first-order chi connectivity index (χ1) is 17.2. The second-order valence-electron chi connectivity index (χ2n) is 8.02. The molecule has 0 saturated heterocycles. The molecular weight excluding hydrogens is 458 g/mol. The Morgan fingerprint density at radius 1 is 0.943 bits per heavy atom. The predicted octanol–water partition coefficient (Wildman–Crippen LogP) is 5.22. The Balaban J connectivity index is 1.23. The highest BCUT2D eigenvalue weighted by molar-refractivity contribution is 7.99. The van der Waals surface area contributed by atoms with Crippen LogP contribution in [0.3, 0.4) is 0 Å². The number of nitrogens with one attached hydrogen (secondary N) is 1. The molecule has 1 N–H and O–H groups in total. The van der Waals surface area contributed by atoms with E-state index in [0.717, 1.165) is 53.2 Å². The number of aryl methyl sites for hydroxylation is 1. The van der Waals surface area contributed by atoms with Crippen LogP contribution in [0.2, 0.25) is 0 Å². The third-order valence-electron chi connectivity index (χ3n) is 5.45. The fourth-order valence-corrected chi connectivity index (χ4v) is 4.40. The number of tetrazole rings is 1. The monoisotopic (exact) mass is 489 g/mol. The summed E-state index contributed by atoms with van der Waals surface area (Å²) in [4.78, 5) is 0. The number of hydrogen-bond donors (Lipinski definition) is 1. The smallest absolute Gasteiger partial charge is 0.214 e. The highest BCUT2D eigenvalue weighted by Crippen LogP contribution is 2.29. The third kappa shape index (κ3) is 7.07. The molecule has 0 amide bonds. The van der Waals surface area contributed by atoms with Crippen molar-refractivity contribution in [2.75, 3.05) is 18.9 Å². The number of aromatic nitrogens is 4. The van der Waals surface area contributed by atoms with E-state index in [2.05, 4.69) is 52.0 Å². The standard InChI is InChI=1S/C27H31N5O2S/c1-3-33-26-18-22(14-15-25(26)34-20-23-11-8-7-10-21(23)2)19-28-16-9-17-35-27-29-30-31-32(27)24-12-5-4-6-13-24/h4-8,10-15,18,28H,3,9,16-17,19-20H2,1-2H3. The summed E-state index contributed by atoms with van der Waals surface area (Å²) in [7, 11) is 0. The molecule has 0 unspecified atom stereocenters. The van der Waals surface area contributed by atoms with E-state index in [1.807, 2.05) is 55.5 Å². The van der Waals surface area contributed by atoms with Crippen molar-refractivity contribution in [3.63, 3.8) is 0 Å². The van der Waals surface area contributed by atoms with Crippen LogP contribution in [-0.4, -0.2) is 39.1 Å². The largest absolute Gasteiger partial charge is 0.490 e. The van der Waals surface area contributed by atoms with E-state index in [0.29, 0.717) is 13.2 Å². The number of para-hydroxylation sites is 1. The number of hydrogen-bond acceptors (Lipinski definition) is 7. The first kappa shape index (κ1) is 24.8. The van der Waals surface area contributed by atoms with E-state index in [9.17, 15) is 0 Å².